The fourth-order valence-electron chi connectivity index (χ4n) is 1.51. The maximum absolute atomic E-state index is 13.5. The molecule has 1 rings (SSSR count). The third kappa shape index (κ3) is 5.31. The Morgan fingerprint density at radius 1 is 1.17 bits per heavy atom. The van der Waals surface area contributed by atoms with Crippen molar-refractivity contribution in [3.8, 4) is 0 Å². The third-order valence-electron chi connectivity index (χ3n) is 2.47. The molecule has 0 aliphatic heterocycles. The zero-order valence-electron chi connectivity index (χ0n) is 12.5. The van der Waals surface area contributed by atoms with Gasteiger partial charge in [-0.1, -0.05) is 17.7 Å². The van der Waals surface area contributed by atoms with E-state index in [0.717, 1.165) is 15.7 Å². The van der Waals surface area contributed by atoms with E-state index in [1.54, 1.807) is 6.92 Å². The van der Waals surface area contributed by atoms with Crippen LogP contribution >= 0.6 is 21.6 Å². The van der Waals surface area contributed by atoms with Gasteiger partial charge in [-0.3, -0.25) is 4.79 Å². The molecule has 0 heterocycles. The number of halogens is 4. The zero-order chi connectivity index (χ0) is 17.8. The largest absolute Gasteiger partial charge is 0.416 e. The summed E-state index contributed by atoms with van der Waals surface area (Å²) in [4.78, 5) is 25.8. The lowest BCUT2D eigenvalue weighted by atomic mass is 10.1. The summed E-state index contributed by atoms with van der Waals surface area (Å²) in [5.41, 5.74) is -1.74. The van der Waals surface area contributed by atoms with Crippen LogP contribution in [0.3, 0.4) is 0 Å². The molecule has 0 fully saturated rings. The minimum atomic E-state index is -4.79. The van der Waals surface area contributed by atoms with Gasteiger partial charge in [-0.05, 0) is 18.2 Å². The van der Waals surface area contributed by atoms with Gasteiger partial charge in [0.25, 0.3) is 0 Å². The van der Waals surface area contributed by atoms with Gasteiger partial charge in [-0.15, -0.1) is 0 Å². The maximum Gasteiger partial charge on any atom is 0.416 e. The number of imide groups is 1. The highest BCUT2D eigenvalue weighted by Gasteiger charge is 2.34. The molecule has 128 valence electrons. The molecule has 3 amide bonds. The van der Waals surface area contributed by atoms with Crippen molar-refractivity contribution in [2.45, 2.75) is 13.1 Å². The fraction of sp³-hybridized carbons (Fsp3) is 0.385. The summed E-state index contributed by atoms with van der Waals surface area (Å²) in [6.07, 6.45) is -4.79. The van der Waals surface area contributed by atoms with Crippen LogP contribution in [-0.2, 0) is 6.18 Å². The van der Waals surface area contributed by atoms with Crippen LogP contribution in [0.2, 0.25) is 0 Å². The number of amides is 3. The molecular formula is C13H14F4N2O2S2. The first-order chi connectivity index (χ1) is 10.6. The van der Waals surface area contributed by atoms with Gasteiger partial charge in [0.1, 0.15) is 5.82 Å². The lowest BCUT2D eigenvalue weighted by Gasteiger charge is -2.24. The van der Waals surface area contributed by atoms with Crippen LogP contribution in [0, 0.1) is 5.82 Å². The molecule has 10 heteroatoms. The molecule has 4 nitrogen and oxygen atoms in total. The Morgan fingerprint density at radius 2 is 1.78 bits per heavy atom. The average molecular weight is 370 g/mol. The number of hydrogen-bond acceptors (Lipinski definition) is 4. The van der Waals surface area contributed by atoms with Gasteiger partial charge < -0.3 is 4.90 Å². The number of urea groups is 1. The highest BCUT2D eigenvalue weighted by molar-refractivity contribution is 8.82. The molecule has 0 aliphatic rings. The predicted octanol–water partition coefficient (Wildman–Crippen LogP) is 4.85. The van der Waals surface area contributed by atoms with Crippen LogP contribution in [0.15, 0.2) is 18.2 Å². The maximum atomic E-state index is 13.5. The Balaban J connectivity index is 3.34. The number of anilines is 1. The normalized spacial score (nSPS) is 11.3. The van der Waals surface area contributed by atoms with Crippen molar-refractivity contribution in [3.05, 3.63) is 29.6 Å². The first-order valence-corrected chi connectivity index (χ1v) is 8.62. The second-order valence-electron chi connectivity index (χ2n) is 4.46. The smallest absolute Gasteiger partial charge is 0.330 e. The van der Waals surface area contributed by atoms with Gasteiger partial charge in [0.2, 0.25) is 0 Å². The summed E-state index contributed by atoms with van der Waals surface area (Å²) in [5.74, 6) is -0.635. The van der Waals surface area contributed by atoms with E-state index in [-0.39, 0.29) is 0 Å². The van der Waals surface area contributed by atoms with Crippen LogP contribution in [0.4, 0.5) is 32.8 Å². The fourth-order valence-corrected chi connectivity index (χ4v) is 2.86. The summed E-state index contributed by atoms with van der Waals surface area (Å²) in [6.45, 7) is 1.77. The molecule has 0 bridgehead atoms. The number of benzene rings is 1. The van der Waals surface area contributed by atoms with E-state index in [0.29, 0.717) is 39.6 Å². The first kappa shape index (κ1) is 19.6. The van der Waals surface area contributed by atoms with Gasteiger partial charge in [0.05, 0.1) is 11.3 Å². The Kier molecular flexibility index (Phi) is 6.75. The van der Waals surface area contributed by atoms with E-state index in [9.17, 15) is 27.2 Å². The van der Waals surface area contributed by atoms with Gasteiger partial charge in [-0.2, -0.15) is 13.2 Å². The summed E-state index contributed by atoms with van der Waals surface area (Å²) in [6, 6.07) is 0.726. The van der Waals surface area contributed by atoms with Gasteiger partial charge in [-0.25, -0.2) is 14.1 Å². The van der Waals surface area contributed by atoms with E-state index in [4.69, 9.17) is 0 Å². The number of carbonyl (C=O) groups is 2. The van der Waals surface area contributed by atoms with Crippen molar-refractivity contribution in [1.29, 1.82) is 0 Å². The minimum absolute atomic E-state index is 0.306. The second kappa shape index (κ2) is 7.91. The van der Waals surface area contributed by atoms with Crippen LogP contribution in [0.1, 0.15) is 12.5 Å². The standard InChI is InChI=1S/C13H14F4N2O2S2/c1-4-22-23-12(21)19(11(20)18(2)3)10-6-8(13(15,16)17)5-9(14)7-10/h5-7H,4H2,1-3H3. The van der Waals surface area contributed by atoms with Crippen molar-refractivity contribution < 1.29 is 27.2 Å². The first-order valence-electron chi connectivity index (χ1n) is 6.30. The van der Waals surface area contributed by atoms with Gasteiger partial charge >= 0.3 is 17.4 Å². The zero-order valence-corrected chi connectivity index (χ0v) is 14.1. The Labute approximate surface area is 138 Å². The second-order valence-corrected chi connectivity index (χ2v) is 7.00. The van der Waals surface area contributed by atoms with Crippen molar-refractivity contribution in [1.82, 2.24) is 4.90 Å². The number of nitrogens with zero attached hydrogens (tertiary/aromatic N) is 2. The van der Waals surface area contributed by atoms with Gasteiger partial charge in [0.15, 0.2) is 0 Å². The van der Waals surface area contributed by atoms with Crippen molar-refractivity contribution in [3.63, 3.8) is 0 Å². The van der Waals surface area contributed by atoms with E-state index in [1.807, 2.05) is 0 Å². The molecule has 0 unspecified atom stereocenters. The summed E-state index contributed by atoms with van der Waals surface area (Å²) in [5, 5.41) is -0.797. The summed E-state index contributed by atoms with van der Waals surface area (Å²) < 4.78 is 51.9. The molecule has 0 atom stereocenters. The number of alkyl halides is 3. The molecular weight excluding hydrogens is 356 g/mol. The molecule has 0 saturated carbocycles. The molecule has 0 aliphatic carbocycles. The highest BCUT2D eigenvalue weighted by Crippen LogP contribution is 2.34. The number of carbonyl (C=O) groups excluding carboxylic acids is 2. The summed E-state index contributed by atoms with van der Waals surface area (Å²) in [7, 11) is 4.49. The molecule has 1 aromatic carbocycles. The number of hydrogen-bond donors (Lipinski definition) is 0. The monoisotopic (exact) mass is 370 g/mol. The molecule has 1 aromatic rings. The molecule has 0 saturated heterocycles. The Morgan fingerprint density at radius 3 is 2.26 bits per heavy atom. The Hall–Kier alpha value is -1.42. The van der Waals surface area contributed by atoms with Crippen LogP contribution < -0.4 is 4.90 Å². The van der Waals surface area contributed by atoms with Crippen LogP contribution in [-0.4, -0.2) is 36.0 Å². The molecule has 0 aromatic heterocycles. The van der Waals surface area contributed by atoms with Crippen molar-refractivity contribution >= 4 is 38.5 Å². The predicted molar refractivity (Wildman–Crippen MR) is 84.1 cm³/mol. The van der Waals surface area contributed by atoms with E-state index in [2.05, 4.69) is 0 Å². The van der Waals surface area contributed by atoms with E-state index >= 15 is 0 Å². The quantitative estimate of drug-likeness (QED) is 0.563. The topological polar surface area (TPSA) is 40.6 Å². The van der Waals surface area contributed by atoms with Crippen molar-refractivity contribution in [2.24, 2.45) is 0 Å². The van der Waals surface area contributed by atoms with E-state index < -0.39 is 34.5 Å². The lowest BCUT2D eigenvalue weighted by Crippen LogP contribution is -2.41. The number of rotatable bonds is 3. The van der Waals surface area contributed by atoms with Crippen LogP contribution in [0.25, 0.3) is 0 Å². The van der Waals surface area contributed by atoms with Gasteiger partial charge in [0, 0.05) is 30.6 Å². The third-order valence-corrected chi connectivity index (χ3v) is 4.64. The van der Waals surface area contributed by atoms with E-state index in [1.165, 1.54) is 14.1 Å². The molecule has 23 heavy (non-hydrogen) atoms. The lowest BCUT2D eigenvalue weighted by molar-refractivity contribution is -0.137. The van der Waals surface area contributed by atoms with Crippen molar-refractivity contribution in [2.75, 3.05) is 24.7 Å². The van der Waals surface area contributed by atoms with Crippen LogP contribution in [0.5, 0.6) is 0 Å². The SMILES string of the molecule is CCSSC(=O)N(C(=O)N(C)C)c1cc(F)cc(C(F)(F)F)c1. The summed E-state index contributed by atoms with van der Waals surface area (Å²) >= 11 is 0. The molecule has 0 radical (unpaired) electrons. The molecule has 0 N–H and O–H groups in total. The Bertz CT molecular complexity index is 594. The average Bonchev–Trinajstić information content (AvgIpc) is 2.43. The minimum Gasteiger partial charge on any atom is -0.330 e. The molecule has 0 spiro atoms. The highest BCUT2D eigenvalue weighted by atomic mass is 33.1.